The Bertz CT molecular complexity index is 210. The van der Waals surface area contributed by atoms with E-state index in [1.54, 1.807) is 0 Å². The highest BCUT2D eigenvalue weighted by atomic mass is 32.1. The van der Waals surface area contributed by atoms with Crippen LogP contribution in [0, 0.1) is 0 Å². The second-order valence-electron chi connectivity index (χ2n) is 2.08. The molecule has 0 saturated carbocycles. The lowest BCUT2D eigenvalue weighted by molar-refractivity contribution is 0.980. The van der Waals surface area contributed by atoms with Crippen LogP contribution in [0.4, 0.5) is 5.13 Å². The van der Waals surface area contributed by atoms with Crippen LogP contribution in [-0.2, 0) is 6.42 Å². The largest absolute Gasteiger partial charge is 0.359 e. The van der Waals surface area contributed by atoms with Gasteiger partial charge in [0.1, 0.15) is 5.82 Å². The Hall–Kier alpha value is -0.680. The molecule has 0 saturated heterocycles. The van der Waals surface area contributed by atoms with E-state index >= 15 is 0 Å². The van der Waals surface area contributed by atoms with E-state index in [2.05, 4.69) is 14.7 Å². The fraction of sp³-hybridized carbons (Fsp3) is 0.667. The van der Waals surface area contributed by atoms with Gasteiger partial charge >= 0.3 is 0 Å². The number of nitrogens with two attached hydrogens (primary N) is 1. The third-order valence-electron chi connectivity index (χ3n) is 1.20. The molecule has 1 aromatic heterocycles. The summed E-state index contributed by atoms with van der Waals surface area (Å²) in [5.74, 6) is 0.898. The predicted molar refractivity (Wildman–Crippen MR) is 46.8 cm³/mol. The first kappa shape index (κ1) is 8.42. The van der Waals surface area contributed by atoms with Crippen LogP contribution in [0.1, 0.15) is 12.7 Å². The Morgan fingerprint density at radius 1 is 1.64 bits per heavy atom. The van der Waals surface area contributed by atoms with Crippen LogP contribution in [0.5, 0.6) is 0 Å². The van der Waals surface area contributed by atoms with Gasteiger partial charge in [0.15, 0.2) is 0 Å². The molecule has 0 aromatic carbocycles. The van der Waals surface area contributed by atoms with Crippen molar-refractivity contribution in [2.75, 3.05) is 18.4 Å². The fourth-order valence-electron chi connectivity index (χ4n) is 0.648. The van der Waals surface area contributed by atoms with Gasteiger partial charge in [0.2, 0.25) is 5.13 Å². The molecule has 1 heterocycles. The van der Waals surface area contributed by atoms with Crippen LogP contribution in [0.15, 0.2) is 0 Å². The molecule has 0 amide bonds. The molecule has 3 N–H and O–H groups in total. The Morgan fingerprint density at radius 2 is 2.45 bits per heavy atom. The van der Waals surface area contributed by atoms with Crippen molar-refractivity contribution in [3.05, 3.63) is 5.82 Å². The molecular formula is C6H12N4S. The van der Waals surface area contributed by atoms with Gasteiger partial charge in [0.05, 0.1) is 0 Å². The van der Waals surface area contributed by atoms with Crippen molar-refractivity contribution in [3.8, 4) is 0 Å². The monoisotopic (exact) mass is 172 g/mol. The summed E-state index contributed by atoms with van der Waals surface area (Å²) in [7, 11) is 0. The number of hydrogen-bond donors (Lipinski definition) is 2. The van der Waals surface area contributed by atoms with E-state index in [1.807, 2.05) is 6.92 Å². The number of anilines is 1. The van der Waals surface area contributed by atoms with E-state index < -0.39 is 0 Å². The van der Waals surface area contributed by atoms with Gasteiger partial charge in [-0.1, -0.05) is 6.92 Å². The van der Waals surface area contributed by atoms with E-state index in [4.69, 9.17) is 5.73 Å². The molecule has 1 rings (SSSR count). The molecule has 0 atom stereocenters. The number of aromatic nitrogens is 2. The Kier molecular flexibility index (Phi) is 3.25. The standard InChI is InChI=1S/C6H12N4S/c1-2-5-9-6(11-10-5)8-4-3-7/h2-4,7H2,1H3,(H,8,9,10). The second-order valence-corrected chi connectivity index (χ2v) is 2.84. The summed E-state index contributed by atoms with van der Waals surface area (Å²) in [5.41, 5.74) is 5.31. The summed E-state index contributed by atoms with van der Waals surface area (Å²) in [4.78, 5) is 4.21. The maximum Gasteiger partial charge on any atom is 0.202 e. The average molecular weight is 172 g/mol. The first-order valence-electron chi connectivity index (χ1n) is 3.63. The number of aryl methyl sites for hydroxylation is 1. The van der Waals surface area contributed by atoms with Crippen LogP contribution >= 0.6 is 11.5 Å². The lowest BCUT2D eigenvalue weighted by Crippen LogP contribution is -2.12. The summed E-state index contributed by atoms with van der Waals surface area (Å²) in [6, 6.07) is 0. The first-order chi connectivity index (χ1) is 5.36. The van der Waals surface area contributed by atoms with E-state index in [-0.39, 0.29) is 0 Å². The Labute approximate surface area is 70.0 Å². The average Bonchev–Trinajstić information content (AvgIpc) is 2.48. The highest BCUT2D eigenvalue weighted by molar-refractivity contribution is 7.09. The lowest BCUT2D eigenvalue weighted by Gasteiger charge is -1.95. The molecule has 0 unspecified atom stereocenters. The minimum absolute atomic E-state index is 0.626. The first-order valence-corrected chi connectivity index (χ1v) is 4.40. The summed E-state index contributed by atoms with van der Waals surface area (Å²) in [5, 5.41) is 3.94. The summed E-state index contributed by atoms with van der Waals surface area (Å²) in [6.07, 6.45) is 0.890. The van der Waals surface area contributed by atoms with Crippen molar-refractivity contribution in [2.24, 2.45) is 5.73 Å². The Morgan fingerprint density at radius 3 is 3.00 bits per heavy atom. The van der Waals surface area contributed by atoms with Gasteiger partial charge in [0, 0.05) is 31.0 Å². The molecule has 1 aromatic rings. The molecule has 62 valence electrons. The van der Waals surface area contributed by atoms with Crippen LogP contribution in [-0.4, -0.2) is 22.4 Å². The summed E-state index contributed by atoms with van der Waals surface area (Å²) >= 11 is 1.39. The van der Waals surface area contributed by atoms with Crippen molar-refractivity contribution < 1.29 is 0 Å². The number of rotatable bonds is 4. The molecule has 0 aliphatic heterocycles. The SMILES string of the molecule is CCc1nsc(NCCN)n1. The molecule has 4 nitrogen and oxygen atoms in total. The van der Waals surface area contributed by atoms with Crippen LogP contribution in [0.25, 0.3) is 0 Å². The normalized spacial score (nSPS) is 10.0. The van der Waals surface area contributed by atoms with Gasteiger partial charge < -0.3 is 11.1 Å². The van der Waals surface area contributed by atoms with Crippen LogP contribution < -0.4 is 11.1 Å². The van der Waals surface area contributed by atoms with Gasteiger partial charge in [0.25, 0.3) is 0 Å². The van der Waals surface area contributed by atoms with Crippen LogP contribution in [0.2, 0.25) is 0 Å². The van der Waals surface area contributed by atoms with Gasteiger partial charge in [-0.2, -0.15) is 4.37 Å². The minimum atomic E-state index is 0.626. The quantitative estimate of drug-likeness (QED) is 0.693. The molecule has 0 aliphatic rings. The maximum atomic E-state index is 5.31. The van der Waals surface area contributed by atoms with Gasteiger partial charge in [-0.25, -0.2) is 4.98 Å². The lowest BCUT2D eigenvalue weighted by atomic mass is 10.5. The zero-order valence-corrected chi connectivity index (χ0v) is 7.32. The summed E-state index contributed by atoms with van der Waals surface area (Å²) < 4.78 is 4.11. The molecule has 5 heteroatoms. The molecule has 11 heavy (non-hydrogen) atoms. The molecule has 0 spiro atoms. The fourth-order valence-corrected chi connectivity index (χ4v) is 1.32. The molecule has 0 aliphatic carbocycles. The van der Waals surface area contributed by atoms with Gasteiger partial charge in [-0.15, -0.1) is 0 Å². The van der Waals surface area contributed by atoms with E-state index in [0.29, 0.717) is 6.54 Å². The third-order valence-corrected chi connectivity index (χ3v) is 1.92. The number of hydrogen-bond acceptors (Lipinski definition) is 5. The minimum Gasteiger partial charge on any atom is -0.359 e. The van der Waals surface area contributed by atoms with Crippen molar-refractivity contribution in [2.45, 2.75) is 13.3 Å². The number of nitrogens with zero attached hydrogens (tertiary/aromatic N) is 2. The highest BCUT2D eigenvalue weighted by Gasteiger charge is 1.98. The van der Waals surface area contributed by atoms with Crippen molar-refractivity contribution in [1.82, 2.24) is 9.36 Å². The van der Waals surface area contributed by atoms with Crippen molar-refractivity contribution in [3.63, 3.8) is 0 Å². The number of nitrogens with one attached hydrogen (secondary N) is 1. The summed E-state index contributed by atoms with van der Waals surface area (Å²) in [6.45, 7) is 3.42. The zero-order valence-electron chi connectivity index (χ0n) is 6.50. The third kappa shape index (κ3) is 2.44. The van der Waals surface area contributed by atoms with E-state index in [0.717, 1.165) is 23.9 Å². The smallest absolute Gasteiger partial charge is 0.202 e. The maximum absolute atomic E-state index is 5.31. The Balaban J connectivity index is 2.44. The van der Waals surface area contributed by atoms with Gasteiger partial charge in [-0.3, -0.25) is 0 Å². The zero-order chi connectivity index (χ0) is 8.10. The second kappa shape index (κ2) is 4.25. The molecule has 0 fully saturated rings. The van der Waals surface area contributed by atoms with Crippen molar-refractivity contribution in [1.29, 1.82) is 0 Å². The predicted octanol–water partition coefficient (Wildman–Crippen LogP) is 0.471. The molecule has 0 bridgehead atoms. The molecule has 0 radical (unpaired) electrons. The van der Waals surface area contributed by atoms with E-state index in [9.17, 15) is 0 Å². The van der Waals surface area contributed by atoms with Gasteiger partial charge in [-0.05, 0) is 0 Å². The highest BCUT2D eigenvalue weighted by Crippen LogP contribution is 2.09. The van der Waals surface area contributed by atoms with E-state index in [1.165, 1.54) is 11.5 Å². The molecular weight excluding hydrogens is 160 g/mol. The topological polar surface area (TPSA) is 63.8 Å². The van der Waals surface area contributed by atoms with Crippen LogP contribution in [0.3, 0.4) is 0 Å². The van der Waals surface area contributed by atoms with Crippen molar-refractivity contribution >= 4 is 16.7 Å².